The maximum absolute atomic E-state index is 12.4. The van der Waals surface area contributed by atoms with E-state index in [1.807, 2.05) is 0 Å². The molecule has 0 aliphatic heterocycles. The highest BCUT2D eigenvalue weighted by atomic mass is 19.3. The first kappa shape index (κ1) is 8.99. The summed E-state index contributed by atoms with van der Waals surface area (Å²) in [4.78, 5) is 3.16. The van der Waals surface area contributed by atoms with Crippen molar-refractivity contribution >= 4 is 0 Å². The van der Waals surface area contributed by atoms with Crippen LogP contribution < -0.4 is 0 Å². The zero-order valence-electron chi connectivity index (χ0n) is 5.97. The standard InChI is InChI=1S/C7H6F3NO/c8-5-1-4(3-12)6(7(9)10)11-2-5/h1-2,7,12H,3H2. The molecule has 12 heavy (non-hydrogen) atoms. The monoisotopic (exact) mass is 177 g/mol. The summed E-state index contributed by atoms with van der Waals surface area (Å²) in [6.07, 6.45) is -2.09. The lowest BCUT2D eigenvalue weighted by Gasteiger charge is -2.03. The van der Waals surface area contributed by atoms with E-state index in [1.165, 1.54) is 0 Å². The molecule has 0 spiro atoms. The first-order chi connectivity index (χ1) is 5.65. The maximum atomic E-state index is 12.4. The Morgan fingerprint density at radius 1 is 1.50 bits per heavy atom. The van der Waals surface area contributed by atoms with Crippen molar-refractivity contribution in [3.63, 3.8) is 0 Å². The number of aliphatic hydroxyl groups is 1. The molecule has 0 aliphatic carbocycles. The second-order valence-corrected chi connectivity index (χ2v) is 2.16. The third-order valence-electron chi connectivity index (χ3n) is 1.35. The van der Waals surface area contributed by atoms with Crippen molar-refractivity contribution in [2.75, 3.05) is 0 Å². The average molecular weight is 177 g/mol. The first-order valence-corrected chi connectivity index (χ1v) is 3.18. The lowest BCUT2D eigenvalue weighted by molar-refractivity contribution is 0.141. The molecule has 0 fully saturated rings. The fourth-order valence-electron chi connectivity index (χ4n) is 0.815. The van der Waals surface area contributed by atoms with Gasteiger partial charge in [-0.05, 0) is 6.07 Å². The predicted octanol–water partition coefficient (Wildman–Crippen LogP) is 1.65. The molecular weight excluding hydrogens is 171 g/mol. The fraction of sp³-hybridized carbons (Fsp3) is 0.286. The van der Waals surface area contributed by atoms with Crippen LogP contribution in [0.2, 0.25) is 0 Å². The lowest BCUT2D eigenvalue weighted by atomic mass is 10.2. The van der Waals surface area contributed by atoms with Gasteiger partial charge in [0.2, 0.25) is 0 Å². The number of nitrogens with zero attached hydrogens (tertiary/aromatic N) is 1. The molecule has 0 saturated carbocycles. The Labute approximate surface area is 66.7 Å². The molecule has 0 bridgehead atoms. The molecule has 0 saturated heterocycles. The highest BCUT2D eigenvalue weighted by Gasteiger charge is 2.14. The van der Waals surface area contributed by atoms with E-state index in [4.69, 9.17) is 5.11 Å². The summed E-state index contributed by atoms with van der Waals surface area (Å²) in [5.41, 5.74) is -0.746. The van der Waals surface area contributed by atoms with Crippen LogP contribution in [0.5, 0.6) is 0 Å². The number of halogens is 3. The van der Waals surface area contributed by atoms with E-state index in [-0.39, 0.29) is 5.56 Å². The van der Waals surface area contributed by atoms with E-state index in [1.54, 1.807) is 0 Å². The Kier molecular flexibility index (Phi) is 2.65. The minimum atomic E-state index is -2.78. The number of rotatable bonds is 2. The molecule has 0 unspecified atom stereocenters. The summed E-state index contributed by atoms with van der Waals surface area (Å²) in [5, 5.41) is 8.55. The van der Waals surface area contributed by atoms with E-state index in [2.05, 4.69) is 4.98 Å². The highest BCUT2D eigenvalue weighted by Crippen LogP contribution is 2.20. The van der Waals surface area contributed by atoms with Crippen LogP contribution in [-0.4, -0.2) is 10.1 Å². The van der Waals surface area contributed by atoms with Crippen LogP contribution >= 0.6 is 0 Å². The van der Waals surface area contributed by atoms with Gasteiger partial charge < -0.3 is 5.11 Å². The maximum Gasteiger partial charge on any atom is 0.280 e. The van der Waals surface area contributed by atoms with E-state index < -0.39 is 24.5 Å². The van der Waals surface area contributed by atoms with Crippen molar-refractivity contribution in [2.45, 2.75) is 13.0 Å². The Bertz CT molecular complexity index is 277. The van der Waals surface area contributed by atoms with Crippen molar-refractivity contribution in [2.24, 2.45) is 0 Å². The van der Waals surface area contributed by atoms with Crippen molar-refractivity contribution in [3.05, 3.63) is 29.3 Å². The topological polar surface area (TPSA) is 33.1 Å². The summed E-state index contributed by atoms with van der Waals surface area (Å²) < 4.78 is 36.5. The SMILES string of the molecule is OCc1cc(F)cnc1C(F)F. The molecule has 0 amide bonds. The molecular formula is C7H6F3NO. The van der Waals surface area contributed by atoms with Crippen LogP contribution in [0.25, 0.3) is 0 Å². The largest absolute Gasteiger partial charge is 0.392 e. The quantitative estimate of drug-likeness (QED) is 0.745. The Morgan fingerprint density at radius 2 is 2.17 bits per heavy atom. The van der Waals surface area contributed by atoms with E-state index in [0.717, 1.165) is 6.07 Å². The molecule has 1 aromatic rings. The zero-order valence-corrected chi connectivity index (χ0v) is 5.97. The van der Waals surface area contributed by atoms with Crippen LogP contribution in [-0.2, 0) is 6.61 Å². The number of hydrogen-bond acceptors (Lipinski definition) is 2. The second kappa shape index (κ2) is 3.53. The lowest BCUT2D eigenvalue weighted by Crippen LogP contribution is -1.99. The van der Waals surface area contributed by atoms with Gasteiger partial charge in [0.25, 0.3) is 6.43 Å². The predicted molar refractivity (Wildman–Crippen MR) is 35.1 cm³/mol. The van der Waals surface area contributed by atoms with Crippen LogP contribution in [0.4, 0.5) is 13.2 Å². The van der Waals surface area contributed by atoms with Gasteiger partial charge >= 0.3 is 0 Å². The summed E-state index contributed by atoms with van der Waals surface area (Å²) in [5.74, 6) is -0.733. The number of hydrogen-bond donors (Lipinski definition) is 1. The van der Waals surface area contributed by atoms with Crippen molar-refractivity contribution in [3.8, 4) is 0 Å². The van der Waals surface area contributed by atoms with Gasteiger partial charge in [-0.3, -0.25) is 4.98 Å². The molecule has 1 aromatic heterocycles. The van der Waals surface area contributed by atoms with Gasteiger partial charge in [-0.2, -0.15) is 0 Å². The number of aliphatic hydroxyl groups excluding tert-OH is 1. The average Bonchev–Trinajstić information content (AvgIpc) is 2.03. The first-order valence-electron chi connectivity index (χ1n) is 3.18. The molecule has 5 heteroatoms. The summed E-state index contributed by atoms with van der Waals surface area (Å²) >= 11 is 0. The molecule has 1 N–H and O–H groups in total. The van der Waals surface area contributed by atoms with Crippen molar-refractivity contribution in [1.82, 2.24) is 4.98 Å². The van der Waals surface area contributed by atoms with Gasteiger partial charge in [-0.25, -0.2) is 13.2 Å². The molecule has 66 valence electrons. The molecule has 2 nitrogen and oxygen atoms in total. The normalized spacial score (nSPS) is 10.8. The number of alkyl halides is 2. The molecule has 1 rings (SSSR count). The molecule has 0 aromatic carbocycles. The second-order valence-electron chi connectivity index (χ2n) is 2.16. The van der Waals surface area contributed by atoms with Crippen molar-refractivity contribution < 1.29 is 18.3 Å². The van der Waals surface area contributed by atoms with Gasteiger partial charge in [0.15, 0.2) is 0 Å². The Balaban J connectivity index is 3.11. The number of pyridine rings is 1. The van der Waals surface area contributed by atoms with Crippen LogP contribution in [0.1, 0.15) is 17.7 Å². The fourth-order valence-corrected chi connectivity index (χ4v) is 0.815. The van der Waals surface area contributed by atoms with Crippen LogP contribution in [0.15, 0.2) is 12.3 Å². The molecule has 1 heterocycles. The zero-order chi connectivity index (χ0) is 9.14. The summed E-state index contributed by atoms with van der Waals surface area (Å²) in [7, 11) is 0. The smallest absolute Gasteiger partial charge is 0.280 e. The molecule has 0 atom stereocenters. The van der Waals surface area contributed by atoms with Gasteiger partial charge in [0, 0.05) is 5.56 Å². The van der Waals surface area contributed by atoms with Gasteiger partial charge in [0.05, 0.1) is 12.8 Å². The van der Waals surface area contributed by atoms with Gasteiger partial charge in [0.1, 0.15) is 11.5 Å². The Hall–Kier alpha value is -1.10. The van der Waals surface area contributed by atoms with Crippen LogP contribution in [0, 0.1) is 5.82 Å². The highest BCUT2D eigenvalue weighted by molar-refractivity contribution is 5.20. The van der Waals surface area contributed by atoms with E-state index in [9.17, 15) is 13.2 Å². The van der Waals surface area contributed by atoms with E-state index in [0.29, 0.717) is 6.20 Å². The van der Waals surface area contributed by atoms with Gasteiger partial charge in [-0.1, -0.05) is 0 Å². The third-order valence-corrected chi connectivity index (χ3v) is 1.35. The minimum Gasteiger partial charge on any atom is -0.392 e. The molecule has 0 radical (unpaired) electrons. The number of aromatic nitrogens is 1. The van der Waals surface area contributed by atoms with Crippen molar-refractivity contribution in [1.29, 1.82) is 0 Å². The minimum absolute atomic E-state index is 0.176. The van der Waals surface area contributed by atoms with Crippen LogP contribution in [0.3, 0.4) is 0 Å². The van der Waals surface area contributed by atoms with E-state index >= 15 is 0 Å². The molecule has 0 aliphatic rings. The third kappa shape index (κ3) is 1.73. The Morgan fingerprint density at radius 3 is 2.67 bits per heavy atom. The summed E-state index contributed by atoms with van der Waals surface area (Å²) in [6, 6.07) is 0.842. The van der Waals surface area contributed by atoms with Gasteiger partial charge in [-0.15, -0.1) is 0 Å². The summed E-state index contributed by atoms with van der Waals surface area (Å²) in [6.45, 7) is -0.634.